The van der Waals surface area contributed by atoms with Crippen molar-refractivity contribution in [2.24, 2.45) is 0 Å². The van der Waals surface area contributed by atoms with E-state index in [0.29, 0.717) is 6.54 Å². The van der Waals surface area contributed by atoms with Crippen LogP contribution in [0.15, 0.2) is 22.7 Å². The highest BCUT2D eigenvalue weighted by atomic mass is 79.9. The van der Waals surface area contributed by atoms with Gasteiger partial charge in [0, 0.05) is 17.6 Å². The van der Waals surface area contributed by atoms with Gasteiger partial charge in [-0.25, -0.2) is 0 Å². The average Bonchev–Trinajstić information content (AvgIpc) is 2.41. The lowest BCUT2D eigenvalue weighted by atomic mass is 9.85. The monoisotopic (exact) mass is 327 g/mol. The first kappa shape index (κ1) is 14.8. The molecule has 1 aromatic carbocycles. The third-order valence-corrected chi connectivity index (χ3v) is 4.58. The van der Waals surface area contributed by atoms with E-state index < -0.39 is 5.60 Å². The molecule has 1 aliphatic carbocycles. The van der Waals surface area contributed by atoms with Crippen LogP contribution in [0.4, 0.5) is 0 Å². The highest BCUT2D eigenvalue weighted by Gasteiger charge is 2.28. The van der Waals surface area contributed by atoms with E-state index >= 15 is 0 Å². The molecule has 19 heavy (non-hydrogen) atoms. The van der Waals surface area contributed by atoms with Gasteiger partial charge in [0.25, 0.3) is 0 Å². The predicted octanol–water partition coefficient (Wildman–Crippen LogP) is 3.24. The first-order valence-electron chi connectivity index (χ1n) is 6.88. The Hall–Kier alpha value is -0.580. The van der Waals surface area contributed by atoms with Gasteiger partial charge in [-0.1, -0.05) is 35.2 Å². The Morgan fingerprint density at radius 3 is 2.74 bits per heavy atom. The van der Waals surface area contributed by atoms with Crippen LogP contribution >= 0.6 is 15.9 Å². The minimum atomic E-state index is -0.510. The fraction of sp³-hybridized carbons (Fsp3) is 0.600. The van der Waals surface area contributed by atoms with E-state index in [9.17, 15) is 5.11 Å². The van der Waals surface area contributed by atoms with Crippen LogP contribution in [0.5, 0.6) is 5.75 Å². The van der Waals surface area contributed by atoms with Gasteiger partial charge < -0.3 is 15.2 Å². The number of methoxy groups -OCH3 is 1. The second kappa shape index (κ2) is 6.73. The molecule has 1 aromatic rings. The van der Waals surface area contributed by atoms with Gasteiger partial charge in [-0.15, -0.1) is 0 Å². The molecule has 0 bridgehead atoms. The van der Waals surface area contributed by atoms with Crippen molar-refractivity contribution in [1.82, 2.24) is 5.32 Å². The molecular formula is C15H22BrNO2. The molecule has 0 atom stereocenters. The number of ether oxygens (including phenoxy) is 1. The van der Waals surface area contributed by atoms with Crippen molar-refractivity contribution in [3.63, 3.8) is 0 Å². The maximum absolute atomic E-state index is 10.4. The highest BCUT2D eigenvalue weighted by molar-refractivity contribution is 9.10. The van der Waals surface area contributed by atoms with Crippen molar-refractivity contribution >= 4 is 15.9 Å². The van der Waals surface area contributed by atoms with Crippen LogP contribution in [0.3, 0.4) is 0 Å². The van der Waals surface area contributed by atoms with Crippen molar-refractivity contribution in [3.8, 4) is 5.75 Å². The molecule has 3 nitrogen and oxygen atoms in total. The molecule has 2 N–H and O–H groups in total. The second-order valence-electron chi connectivity index (χ2n) is 5.35. The van der Waals surface area contributed by atoms with Crippen LogP contribution in [0.2, 0.25) is 0 Å². The third-order valence-electron chi connectivity index (χ3n) is 3.81. The zero-order valence-corrected chi connectivity index (χ0v) is 13.0. The van der Waals surface area contributed by atoms with Gasteiger partial charge in [0.05, 0.1) is 12.7 Å². The zero-order valence-electron chi connectivity index (χ0n) is 11.4. The number of nitrogens with one attached hydrogen (secondary N) is 1. The number of hydrogen-bond donors (Lipinski definition) is 2. The standard InChI is InChI=1S/C15H22BrNO2/c1-19-13-5-6-14(16)12(9-13)10-17-11-15(18)7-3-2-4-8-15/h5-6,9,17-18H,2-4,7-8,10-11H2,1H3. The summed E-state index contributed by atoms with van der Waals surface area (Å²) in [5.41, 5.74) is 0.641. The van der Waals surface area contributed by atoms with Crippen LogP contribution in [-0.2, 0) is 6.54 Å². The van der Waals surface area contributed by atoms with Crippen molar-refractivity contribution in [2.45, 2.75) is 44.2 Å². The normalized spacial score (nSPS) is 18.3. The van der Waals surface area contributed by atoms with E-state index in [1.54, 1.807) is 7.11 Å². The summed E-state index contributed by atoms with van der Waals surface area (Å²) < 4.78 is 6.29. The summed E-state index contributed by atoms with van der Waals surface area (Å²) in [5.74, 6) is 0.858. The molecule has 0 heterocycles. The Kier molecular flexibility index (Phi) is 5.25. The van der Waals surface area contributed by atoms with Crippen LogP contribution in [0.1, 0.15) is 37.7 Å². The second-order valence-corrected chi connectivity index (χ2v) is 6.20. The van der Waals surface area contributed by atoms with Gasteiger partial charge in [-0.3, -0.25) is 0 Å². The van der Waals surface area contributed by atoms with Crippen LogP contribution < -0.4 is 10.1 Å². The van der Waals surface area contributed by atoms with Gasteiger partial charge in [0.1, 0.15) is 5.75 Å². The van der Waals surface area contributed by atoms with Gasteiger partial charge in [-0.05, 0) is 36.6 Å². The van der Waals surface area contributed by atoms with Gasteiger partial charge in [0.2, 0.25) is 0 Å². The molecule has 2 rings (SSSR count). The summed E-state index contributed by atoms with van der Waals surface area (Å²) in [6.45, 7) is 1.40. The lowest BCUT2D eigenvalue weighted by Crippen LogP contribution is -2.41. The summed E-state index contributed by atoms with van der Waals surface area (Å²) in [4.78, 5) is 0. The van der Waals surface area contributed by atoms with Crippen LogP contribution in [0, 0.1) is 0 Å². The summed E-state index contributed by atoms with van der Waals surface area (Å²) in [6, 6.07) is 5.94. The Bertz CT molecular complexity index is 417. The summed E-state index contributed by atoms with van der Waals surface area (Å²) in [5, 5.41) is 13.8. The van der Waals surface area contributed by atoms with Crippen molar-refractivity contribution in [3.05, 3.63) is 28.2 Å². The Labute approximate surface area is 123 Å². The average molecular weight is 328 g/mol. The number of hydrogen-bond acceptors (Lipinski definition) is 3. The topological polar surface area (TPSA) is 41.5 Å². The zero-order chi connectivity index (χ0) is 13.7. The van der Waals surface area contributed by atoms with Gasteiger partial charge in [-0.2, -0.15) is 0 Å². The highest BCUT2D eigenvalue weighted by Crippen LogP contribution is 2.28. The fourth-order valence-electron chi connectivity index (χ4n) is 2.63. The molecule has 0 aliphatic heterocycles. The minimum Gasteiger partial charge on any atom is -0.497 e. The first-order valence-corrected chi connectivity index (χ1v) is 7.68. The molecule has 1 aliphatic rings. The number of halogens is 1. The first-order chi connectivity index (χ1) is 9.13. The van der Waals surface area contributed by atoms with Crippen molar-refractivity contribution < 1.29 is 9.84 Å². The van der Waals surface area contributed by atoms with E-state index in [-0.39, 0.29) is 0 Å². The molecule has 0 aromatic heterocycles. The number of aliphatic hydroxyl groups is 1. The fourth-order valence-corrected chi connectivity index (χ4v) is 3.02. The third kappa shape index (κ3) is 4.20. The number of benzene rings is 1. The molecule has 0 saturated heterocycles. The van der Waals surface area contributed by atoms with Crippen LogP contribution in [0.25, 0.3) is 0 Å². The number of rotatable bonds is 5. The molecule has 4 heteroatoms. The van der Waals surface area contributed by atoms with E-state index in [0.717, 1.165) is 48.0 Å². The quantitative estimate of drug-likeness (QED) is 0.872. The predicted molar refractivity (Wildman–Crippen MR) is 80.4 cm³/mol. The minimum absolute atomic E-state index is 0.510. The molecule has 0 spiro atoms. The van der Waals surface area contributed by atoms with Crippen LogP contribution in [-0.4, -0.2) is 24.4 Å². The Morgan fingerprint density at radius 2 is 2.05 bits per heavy atom. The molecule has 1 saturated carbocycles. The summed E-state index contributed by atoms with van der Waals surface area (Å²) >= 11 is 3.54. The van der Waals surface area contributed by atoms with E-state index in [1.807, 2.05) is 18.2 Å². The van der Waals surface area contributed by atoms with Crippen molar-refractivity contribution in [1.29, 1.82) is 0 Å². The molecule has 106 valence electrons. The molecule has 0 amide bonds. The largest absolute Gasteiger partial charge is 0.497 e. The van der Waals surface area contributed by atoms with Gasteiger partial charge in [0.15, 0.2) is 0 Å². The van der Waals surface area contributed by atoms with E-state index in [1.165, 1.54) is 6.42 Å². The SMILES string of the molecule is COc1ccc(Br)c(CNCC2(O)CCCCC2)c1. The van der Waals surface area contributed by atoms with Gasteiger partial charge >= 0.3 is 0 Å². The Morgan fingerprint density at radius 1 is 1.32 bits per heavy atom. The smallest absolute Gasteiger partial charge is 0.119 e. The molecule has 0 unspecified atom stereocenters. The maximum Gasteiger partial charge on any atom is 0.119 e. The molecular weight excluding hydrogens is 306 g/mol. The lowest BCUT2D eigenvalue weighted by Gasteiger charge is -2.32. The molecule has 1 fully saturated rings. The summed E-state index contributed by atoms with van der Waals surface area (Å²) in [6.07, 6.45) is 5.37. The lowest BCUT2D eigenvalue weighted by molar-refractivity contribution is 0.00466. The summed E-state index contributed by atoms with van der Waals surface area (Å²) in [7, 11) is 1.67. The van der Waals surface area contributed by atoms with E-state index in [2.05, 4.69) is 21.2 Å². The Balaban J connectivity index is 1.88. The molecule has 0 radical (unpaired) electrons. The van der Waals surface area contributed by atoms with E-state index in [4.69, 9.17) is 4.74 Å². The van der Waals surface area contributed by atoms with Crippen molar-refractivity contribution in [2.75, 3.05) is 13.7 Å². The maximum atomic E-state index is 10.4.